The van der Waals surface area contributed by atoms with Crippen LogP contribution in [0.1, 0.15) is 32.4 Å². The van der Waals surface area contributed by atoms with Gasteiger partial charge in [0, 0.05) is 40.9 Å². The molecule has 1 heterocycles. The quantitative estimate of drug-likeness (QED) is 0.893. The van der Waals surface area contributed by atoms with E-state index in [-0.39, 0.29) is 11.9 Å². The highest BCUT2D eigenvalue weighted by Crippen LogP contribution is 2.33. The van der Waals surface area contributed by atoms with Crippen molar-refractivity contribution < 1.29 is 4.39 Å². The molecule has 1 aliphatic rings. The first-order valence-corrected chi connectivity index (χ1v) is 7.37. The first kappa shape index (κ1) is 13.7. The maximum atomic E-state index is 13.9. The van der Waals surface area contributed by atoms with Crippen LogP contribution in [-0.4, -0.2) is 23.6 Å². The molecule has 1 saturated heterocycles. The van der Waals surface area contributed by atoms with Crippen molar-refractivity contribution in [2.45, 2.75) is 37.3 Å². The molecule has 0 saturated carbocycles. The number of hydrogen-bond acceptors (Lipinski definition) is 3. The van der Waals surface area contributed by atoms with Gasteiger partial charge in [-0.2, -0.15) is 11.8 Å². The van der Waals surface area contributed by atoms with Crippen molar-refractivity contribution in [1.82, 2.24) is 0 Å². The number of anilines is 1. The van der Waals surface area contributed by atoms with Gasteiger partial charge in [-0.3, -0.25) is 0 Å². The maximum Gasteiger partial charge on any atom is 0.130 e. The van der Waals surface area contributed by atoms with E-state index < -0.39 is 0 Å². The van der Waals surface area contributed by atoms with Crippen molar-refractivity contribution in [3.05, 3.63) is 29.6 Å². The summed E-state index contributed by atoms with van der Waals surface area (Å²) in [4.78, 5) is 2.27. The number of nitrogens with two attached hydrogens (primary N) is 1. The van der Waals surface area contributed by atoms with E-state index >= 15 is 0 Å². The van der Waals surface area contributed by atoms with Gasteiger partial charge < -0.3 is 10.6 Å². The third-order valence-electron chi connectivity index (χ3n) is 3.25. The number of nitrogens with zero attached hydrogens (tertiary/aromatic N) is 1. The predicted molar refractivity (Wildman–Crippen MR) is 77.7 cm³/mol. The summed E-state index contributed by atoms with van der Waals surface area (Å²) >= 11 is 1.99. The van der Waals surface area contributed by atoms with E-state index in [4.69, 9.17) is 5.73 Å². The molecule has 0 radical (unpaired) electrons. The van der Waals surface area contributed by atoms with Gasteiger partial charge in [0.15, 0.2) is 0 Å². The summed E-state index contributed by atoms with van der Waals surface area (Å²) < 4.78 is 13.9. The average molecular weight is 268 g/mol. The Morgan fingerprint density at radius 2 is 1.94 bits per heavy atom. The van der Waals surface area contributed by atoms with Crippen LogP contribution in [0.5, 0.6) is 0 Å². The minimum atomic E-state index is -0.276. The van der Waals surface area contributed by atoms with Crippen LogP contribution in [0.2, 0.25) is 0 Å². The van der Waals surface area contributed by atoms with Crippen LogP contribution in [-0.2, 0) is 0 Å². The number of halogens is 1. The van der Waals surface area contributed by atoms with Gasteiger partial charge in [-0.05, 0) is 19.1 Å². The minimum Gasteiger partial charge on any atom is -0.369 e. The summed E-state index contributed by atoms with van der Waals surface area (Å²) in [6, 6.07) is 4.97. The highest BCUT2D eigenvalue weighted by molar-refractivity contribution is 8.00. The van der Waals surface area contributed by atoms with Gasteiger partial charge in [0.05, 0.1) is 0 Å². The van der Waals surface area contributed by atoms with Crippen LogP contribution in [0, 0.1) is 5.82 Å². The van der Waals surface area contributed by atoms with Gasteiger partial charge in [-0.25, -0.2) is 4.39 Å². The van der Waals surface area contributed by atoms with Crippen LogP contribution >= 0.6 is 11.8 Å². The molecule has 1 aromatic rings. The summed E-state index contributed by atoms with van der Waals surface area (Å²) in [5.74, 6) is -0.193. The van der Waals surface area contributed by atoms with Crippen molar-refractivity contribution in [3.8, 4) is 0 Å². The van der Waals surface area contributed by atoms with E-state index in [1.165, 1.54) is 6.07 Å². The van der Waals surface area contributed by atoms with Gasteiger partial charge in [0.25, 0.3) is 0 Å². The summed E-state index contributed by atoms with van der Waals surface area (Å²) in [6.07, 6.45) is 0. The lowest BCUT2D eigenvalue weighted by molar-refractivity contribution is 0.590. The fraction of sp³-hybridized carbons (Fsp3) is 0.571. The van der Waals surface area contributed by atoms with E-state index in [0.29, 0.717) is 16.1 Å². The van der Waals surface area contributed by atoms with Gasteiger partial charge >= 0.3 is 0 Å². The molecular formula is C14H21FN2S. The molecule has 1 aliphatic heterocycles. The highest BCUT2D eigenvalue weighted by Gasteiger charge is 2.25. The minimum absolute atomic E-state index is 0.193. The highest BCUT2D eigenvalue weighted by atomic mass is 32.2. The lowest BCUT2D eigenvalue weighted by Crippen LogP contribution is -2.41. The SMILES string of the molecule is CC1CN(c2cccc(F)c2[C@H](C)N)CC(C)S1. The molecule has 0 bridgehead atoms. The van der Waals surface area contributed by atoms with Gasteiger partial charge in [-0.1, -0.05) is 19.9 Å². The van der Waals surface area contributed by atoms with Crippen molar-refractivity contribution in [3.63, 3.8) is 0 Å². The summed E-state index contributed by atoms with van der Waals surface area (Å²) in [5, 5.41) is 1.14. The summed E-state index contributed by atoms with van der Waals surface area (Å²) in [6.45, 7) is 8.19. The van der Waals surface area contributed by atoms with Crippen molar-refractivity contribution in [2.75, 3.05) is 18.0 Å². The average Bonchev–Trinajstić information content (AvgIpc) is 2.26. The van der Waals surface area contributed by atoms with Crippen LogP contribution in [0.3, 0.4) is 0 Å². The molecule has 0 aliphatic carbocycles. The lowest BCUT2D eigenvalue weighted by atomic mass is 10.0. The molecular weight excluding hydrogens is 247 g/mol. The molecule has 2 rings (SSSR count). The summed E-state index contributed by atoms with van der Waals surface area (Å²) in [5.41, 5.74) is 7.52. The molecule has 3 atom stereocenters. The van der Waals surface area contributed by atoms with E-state index in [1.807, 2.05) is 24.8 Å². The zero-order valence-corrected chi connectivity index (χ0v) is 12.0. The maximum absolute atomic E-state index is 13.9. The monoisotopic (exact) mass is 268 g/mol. The van der Waals surface area contributed by atoms with Crippen LogP contribution in [0.4, 0.5) is 10.1 Å². The van der Waals surface area contributed by atoms with E-state index in [1.54, 1.807) is 6.07 Å². The molecule has 2 unspecified atom stereocenters. The van der Waals surface area contributed by atoms with Crippen molar-refractivity contribution in [2.24, 2.45) is 5.73 Å². The fourth-order valence-electron chi connectivity index (χ4n) is 2.63. The molecule has 0 amide bonds. The van der Waals surface area contributed by atoms with Crippen molar-refractivity contribution >= 4 is 17.4 Å². The molecule has 0 spiro atoms. The van der Waals surface area contributed by atoms with Crippen LogP contribution < -0.4 is 10.6 Å². The summed E-state index contributed by atoms with van der Waals surface area (Å²) in [7, 11) is 0. The largest absolute Gasteiger partial charge is 0.369 e. The molecule has 1 aromatic carbocycles. The molecule has 2 nitrogen and oxygen atoms in total. The molecule has 2 N–H and O–H groups in total. The second-order valence-corrected chi connectivity index (χ2v) is 7.01. The van der Waals surface area contributed by atoms with Crippen LogP contribution in [0.15, 0.2) is 18.2 Å². The zero-order chi connectivity index (χ0) is 13.3. The molecule has 4 heteroatoms. The van der Waals surface area contributed by atoms with Gasteiger partial charge in [-0.15, -0.1) is 0 Å². The Hall–Kier alpha value is -0.740. The topological polar surface area (TPSA) is 29.3 Å². The normalized spacial score (nSPS) is 26.2. The number of rotatable bonds is 2. The number of thioether (sulfide) groups is 1. The first-order valence-electron chi connectivity index (χ1n) is 6.43. The predicted octanol–water partition coefficient (Wildman–Crippen LogP) is 3.18. The molecule has 0 aromatic heterocycles. The Morgan fingerprint density at radius 1 is 1.33 bits per heavy atom. The Bertz CT molecular complexity index is 412. The van der Waals surface area contributed by atoms with E-state index in [0.717, 1.165) is 18.8 Å². The second-order valence-electron chi connectivity index (χ2n) is 5.12. The Kier molecular flexibility index (Phi) is 4.17. The number of benzene rings is 1. The Morgan fingerprint density at radius 3 is 2.50 bits per heavy atom. The standard InChI is InChI=1S/C14H21FN2S/c1-9-7-17(8-10(2)18-9)13-6-4-5-12(15)14(13)11(3)16/h4-6,9-11H,7-8,16H2,1-3H3/t9?,10?,11-/m0/s1. The third kappa shape index (κ3) is 2.81. The third-order valence-corrected chi connectivity index (χ3v) is 4.47. The first-order chi connectivity index (χ1) is 8.49. The smallest absolute Gasteiger partial charge is 0.130 e. The van der Waals surface area contributed by atoms with Gasteiger partial charge in [0.1, 0.15) is 5.82 Å². The fourth-order valence-corrected chi connectivity index (χ4v) is 3.95. The van der Waals surface area contributed by atoms with E-state index in [9.17, 15) is 4.39 Å². The second kappa shape index (κ2) is 5.49. The zero-order valence-electron chi connectivity index (χ0n) is 11.2. The number of hydrogen-bond donors (Lipinski definition) is 1. The Labute approximate surface area is 113 Å². The van der Waals surface area contributed by atoms with Crippen molar-refractivity contribution in [1.29, 1.82) is 0 Å². The Balaban J connectivity index is 2.35. The van der Waals surface area contributed by atoms with E-state index in [2.05, 4.69) is 18.7 Å². The molecule has 18 heavy (non-hydrogen) atoms. The lowest BCUT2D eigenvalue weighted by Gasteiger charge is -2.37. The van der Waals surface area contributed by atoms with Gasteiger partial charge in [0.2, 0.25) is 0 Å². The molecule has 100 valence electrons. The van der Waals surface area contributed by atoms with Crippen LogP contribution in [0.25, 0.3) is 0 Å². The molecule has 1 fully saturated rings.